The van der Waals surface area contributed by atoms with E-state index in [1.807, 2.05) is 0 Å². The Morgan fingerprint density at radius 3 is 1.57 bits per heavy atom. The van der Waals surface area contributed by atoms with Gasteiger partial charge in [-0.25, -0.2) is 4.79 Å². The molecule has 1 aliphatic rings. The normalized spacial score (nSPS) is 19.6. The van der Waals surface area contributed by atoms with Crippen molar-refractivity contribution in [3.63, 3.8) is 0 Å². The molecular weight excluding hydrogens is 829 g/mol. The van der Waals surface area contributed by atoms with Crippen molar-refractivity contribution in [1.82, 2.24) is 0 Å². The number of aliphatic carboxylic acids is 1. The van der Waals surface area contributed by atoms with Gasteiger partial charge in [0.1, 0.15) is 18.8 Å². The van der Waals surface area contributed by atoms with Crippen LogP contribution in [0.1, 0.15) is 201 Å². The second kappa shape index (κ2) is 41.8. The Bertz CT molecular complexity index is 1370. The van der Waals surface area contributed by atoms with Gasteiger partial charge in [-0.05, 0) is 77.0 Å². The molecule has 1 fully saturated rings. The van der Waals surface area contributed by atoms with E-state index in [0.717, 1.165) is 89.9 Å². The van der Waals surface area contributed by atoms with E-state index in [2.05, 4.69) is 81.5 Å². The lowest BCUT2D eigenvalue weighted by molar-refractivity contribution is -0.301. The molecule has 0 bridgehead atoms. The molecule has 1 aliphatic heterocycles. The van der Waals surface area contributed by atoms with Gasteiger partial charge in [0, 0.05) is 19.3 Å². The summed E-state index contributed by atoms with van der Waals surface area (Å²) in [7, 11) is 0. The van der Waals surface area contributed by atoms with E-state index in [1.54, 1.807) is 0 Å². The quantitative estimate of drug-likeness (QED) is 0.0229. The van der Waals surface area contributed by atoms with Crippen LogP contribution in [-0.2, 0) is 42.9 Å². The first-order valence-electron chi connectivity index (χ1n) is 25.3. The number of allylic oxidation sites excluding steroid dienone is 10. The van der Waals surface area contributed by atoms with E-state index < -0.39 is 67.3 Å². The van der Waals surface area contributed by atoms with Gasteiger partial charge in [-0.1, -0.05) is 165 Å². The number of ether oxygens (including phenoxy) is 5. The Morgan fingerprint density at radius 1 is 0.523 bits per heavy atom. The fourth-order valence-electron chi connectivity index (χ4n) is 7.16. The molecule has 1 saturated heterocycles. The van der Waals surface area contributed by atoms with Crippen molar-refractivity contribution < 1.29 is 58.2 Å². The molecule has 0 spiro atoms. The third kappa shape index (κ3) is 32.7. The molecule has 12 heteroatoms. The Kier molecular flexibility index (Phi) is 38.2. The van der Waals surface area contributed by atoms with Crippen molar-refractivity contribution in [2.24, 2.45) is 0 Å². The summed E-state index contributed by atoms with van der Waals surface area (Å²) in [4.78, 5) is 50.6. The zero-order valence-corrected chi connectivity index (χ0v) is 40.5. The second-order valence-electron chi connectivity index (χ2n) is 17.1. The van der Waals surface area contributed by atoms with Crippen LogP contribution < -0.4 is 0 Å². The number of carbonyl (C=O) groups excluding carboxylic acids is 3. The topological polar surface area (TPSA) is 175 Å². The van der Waals surface area contributed by atoms with Crippen LogP contribution in [0.3, 0.4) is 0 Å². The molecule has 0 saturated carbocycles. The Balaban J connectivity index is 2.76. The highest BCUT2D eigenvalue weighted by Crippen LogP contribution is 2.26. The van der Waals surface area contributed by atoms with Crippen LogP contribution in [0.15, 0.2) is 60.8 Å². The summed E-state index contributed by atoms with van der Waals surface area (Å²) in [5.74, 6) is -3.19. The Morgan fingerprint density at radius 2 is 0.985 bits per heavy atom. The van der Waals surface area contributed by atoms with Gasteiger partial charge in [0.25, 0.3) is 0 Å². The van der Waals surface area contributed by atoms with Gasteiger partial charge in [-0.15, -0.1) is 0 Å². The zero-order valence-electron chi connectivity index (χ0n) is 40.5. The van der Waals surface area contributed by atoms with Crippen LogP contribution in [0.5, 0.6) is 0 Å². The molecule has 1 rings (SSSR count). The van der Waals surface area contributed by atoms with Gasteiger partial charge in [0.2, 0.25) is 0 Å². The first kappa shape index (κ1) is 59.4. The highest BCUT2D eigenvalue weighted by Gasteiger charge is 2.50. The van der Waals surface area contributed by atoms with Crippen LogP contribution >= 0.6 is 0 Å². The lowest BCUT2D eigenvalue weighted by atomic mass is 9.98. The zero-order chi connectivity index (χ0) is 47.6. The number of carboxylic acids is 1. The number of hydrogen-bond donors (Lipinski definition) is 3. The van der Waals surface area contributed by atoms with Crippen molar-refractivity contribution >= 4 is 23.9 Å². The van der Waals surface area contributed by atoms with E-state index in [9.17, 15) is 34.5 Å². The molecule has 1 heterocycles. The van der Waals surface area contributed by atoms with Crippen molar-refractivity contribution in [1.29, 1.82) is 0 Å². The summed E-state index contributed by atoms with van der Waals surface area (Å²) in [5.41, 5.74) is 0. The highest BCUT2D eigenvalue weighted by molar-refractivity contribution is 5.74. The number of aliphatic hydroxyl groups excluding tert-OH is 2. The number of aliphatic hydroxyl groups is 2. The van der Waals surface area contributed by atoms with Crippen LogP contribution in [0.25, 0.3) is 0 Å². The Hall–Kier alpha value is -3.58. The fraction of sp³-hybridized carbons (Fsp3) is 0.736. The third-order valence-electron chi connectivity index (χ3n) is 11.1. The largest absolute Gasteiger partial charge is 0.479 e. The van der Waals surface area contributed by atoms with Crippen LogP contribution in [0.2, 0.25) is 0 Å². The molecule has 0 amide bonds. The van der Waals surface area contributed by atoms with Gasteiger partial charge < -0.3 is 39.0 Å². The average Bonchev–Trinajstić information content (AvgIpc) is 3.29. The molecule has 0 radical (unpaired) electrons. The summed E-state index contributed by atoms with van der Waals surface area (Å²) in [6.07, 6.45) is 36.6. The standard InChI is InChI=1S/C53H88O12/c1-4-7-10-13-16-19-21-22-23-24-26-29-32-35-38-41-47(56)64-51-49(58)48(57)50(52(59)60)65-53(51)62-43-44(63-46(55)40-37-34-31-27-18-15-12-9-6-3)42-61-45(54)39-36-33-30-28-25-20-17-14-11-8-5-2/h7,10,14,16-17,19,22-23,26,29,44,48-51,53,57-58H,4-6,8-9,11-13,15,18,20-21,24-25,27-28,30-43H2,1-3H3,(H,59,60)/b10-7-,17-14-,19-16-,23-22-,29-26-. The molecule has 0 aliphatic carbocycles. The molecule has 0 aromatic rings. The number of unbranched alkanes of at least 4 members (excludes halogenated alkanes) is 17. The van der Waals surface area contributed by atoms with Crippen LogP contribution in [0.4, 0.5) is 0 Å². The summed E-state index contributed by atoms with van der Waals surface area (Å²) in [6, 6.07) is 0. The molecule has 372 valence electrons. The van der Waals surface area contributed by atoms with Crippen molar-refractivity contribution in [2.45, 2.75) is 237 Å². The number of carbonyl (C=O) groups is 4. The van der Waals surface area contributed by atoms with E-state index >= 15 is 0 Å². The molecule has 0 aromatic carbocycles. The number of hydrogen-bond acceptors (Lipinski definition) is 11. The average molecular weight is 917 g/mol. The fourth-order valence-corrected chi connectivity index (χ4v) is 7.16. The molecular formula is C53H88O12. The molecule has 6 atom stereocenters. The maximum absolute atomic E-state index is 13.0. The number of carboxylic acid groups (broad SMARTS) is 1. The molecule has 12 nitrogen and oxygen atoms in total. The van der Waals surface area contributed by atoms with Gasteiger partial charge >= 0.3 is 23.9 Å². The number of esters is 3. The van der Waals surface area contributed by atoms with E-state index in [1.165, 1.54) is 44.9 Å². The minimum atomic E-state index is -1.92. The first-order chi connectivity index (χ1) is 31.6. The monoisotopic (exact) mass is 917 g/mol. The third-order valence-corrected chi connectivity index (χ3v) is 11.1. The van der Waals surface area contributed by atoms with E-state index in [4.69, 9.17) is 23.7 Å². The maximum atomic E-state index is 13.0. The summed E-state index contributed by atoms with van der Waals surface area (Å²) >= 11 is 0. The van der Waals surface area contributed by atoms with Crippen molar-refractivity contribution in [3.05, 3.63) is 60.8 Å². The van der Waals surface area contributed by atoms with Crippen molar-refractivity contribution in [2.75, 3.05) is 13.2 Å². The van der Waals surface area contributed by atoms with Gasteiger partial charge in [-0.2, -0.15) is 0 Å². The smallest absolute Gasteiger partial charge is 0.335 e. The molecule has 6 unspecified atom stereocenters. The Labute approximate surface area is 392 Å². The predicted octanol–water partition coefficient (Wildman–Crippen LogP) is 11.7. The lowest BCUT2D eigenvalue weighted by Gasteiger charge is -2.40. The van der Waals surface area contributed by atoms with E-state index in [0.29, 0.717) is 25.7 Å². The van der Waals surface area contributed by atoms with Crippen LogP contribution in [-0.4, -0.2) is 89.2 Å². The molecule has 65 heavy (non-hydrogen) atoms. The van der Waals surface area contributed by atoms with Gasteiger partial charge in [-0.3, -0.25) is 14.4 Å². The maximum Gasteiger partial charge on any atom is 0.335 e. The molecule has 0 aromatic heterocycles. The lowest BCUT2D eigenvalue weighted by Crippen LogP contribution is -2.61. The summed E-state index contributed by atoms with van der Waals surface area (Å²) < 4.78 is 28.1. The second-order valence-corrected chi connectivity index (χ2v) is 17.1. The summed E-state index contributed by atoms with van der Waals surface area (Å²) in [6.45, 7) is 5.75. The van der Waals surface area contributed by atoms with Crippen molar-refractivity contribution in [3.8, 4) is 0 Å². The minimum absolute atomic E-state index is 0.00737. The van der Waals surface area contributed by atoms with Gasteiger partial charge in [0.15, 0.2) is 24.6 Å². The predicted molar refractivity (Wildman–Crippen MR) is 257 cm³/mol. The highest BCUT2D eigenvalue weighted by atomic mass is 16.7. The minimum Gasteiger partial charge on any atom is -0.479 e. The SMILES string of the molecule is CC/C=C\C/C=C\C/C=C\C/C=C\CCCCC(=O)OC1C(OCC(COC(=O)CCCCCCC/C=C\CCCC)OC(=O)CCCCCCCCCCC)OC(C(=O)O)C(O)C1O. The van der Waals surface area contributed by atoms with E-state index in [-0.39, 0.29) is 25.9 Å². The number of rotatable bonds is 41. The first-order valence-corrected chi connectivity index (χ1v) is 25.3. The summed E-state index contributed by atoms with van der Waals surface area (Å²) in [5, 5.41) is 31.3. The van der Waals surface area contributed by atoms with Gasteiger partial charge in [0.05, 0.1) is 6.61 Å². The molecule has 3 N–H and O–H groups in total. The van der Waals surface area contributed by atoms with Crippen LogP contribution in [0, 0.1) is 0 Å².